The van der Waals surface area contributed by atoms with Crippen LogP contribution in [0.1, 0.15) is 52.9 Å². The van der Waals surface area contributed by atoms with E-state index < -0.39 is 0 Å². The first-order valence-electron chi connectivity index (χ1n) is 7.17. The summed E-state index contributed by atoms with van der Waals surface area (Å²) in [5.74, 6) is 0.885. The molecule has 2 saturated heterocycles. The summed E-state index contributed by atoms with van der Waals surface area (Å²) in [6.07, 6.45) is 6.92. The molecule has 0 aromatic rings. The minimum Gasteiger partial charge on any atom is -0.311 e. The van der Waals surface area contributed by atoms with E-state index in [9.17, 15) is 0 Å². The van der Waals surface area contributed by atoms with Crippen LogP contribution in [-0.4, -0.2) is 36.1 Å². The van der Waals surface area contributed by atoms with Crippen molar-refractivity contribution >= 4 is 0 Å². The molecule has 0 aromatic heterocycles. The molecule has 2 rings (SSSR count). The Bertz CT molecular complexity index is 219. The highest BCUT2D eigenvalue weighted by molar-refractivity contribution is 4.99. The molecule has 16 heavy (non-hydrogen) atoms. The van der Waals surface area contributed by atoms with Gasteiger partial charge in [0.15, 0.2) is 0 Å². The lowest BCUT2D eigenvalue weighted by molar-refractivity contribution is 0.0813. The third kappa shape index (κ3) is 2.28. The maximum Gasteiger partial charge on any atom is 0.0219 e. The summed E-state index contributed by atoms with van der Waals surface area (Å²) in [4.78, 5) is 2.67. The predicted molar refractivity (Wildman–Crippen MR) is 69.7 cm³/mol. The van der Waals surface area contributed by atoms with Gasteiger partial charge >= 0.3 is 0 Å². The Labute approximate surface area is 101 Å². The fraction of sp³-hybridized carbons (Fsp3) is 1.00. The molecule has 0 bridgehead atoms. The second-order valence-corrected chi connectivity index (χ2v) is 5.97. The molecule has 0 aliphatic carbocycles. The van der Waals surface area contributed by atoms with Crippen molar-refractivity contribution < 1.29 is 0 Å². The maximum atomic E-state index is 3.82. The van der Waals surface area contributed by atoms with Crippen molar-refractivity contribution in [2.45, 2.75) is 64.5 Å². The quantitative estimate of drug-likeness (QED) is 0.793. The molecular formula is C14H28N2. The van der Waals surface area contributed by atoms with Crippen LogP contribution in [0, 0.1) is 5.92 Å². The van der Waals surface area contributed by atoms with Crippen molar-refractivity contribution in [3.05, 3.63) is 0 Å². The van der Waals surface area contributed by atoms with Crippen LogP contribution in [0.4, 0.5) is 0 Å². The fourth-order valence-corrected chi connectivity index (χ4v) is 3.69. The Balaban J connectivity index is 2.02. The summed E-state index contributed by atoms with van der Waals surface area (Å²) in [5, 5.41) is 3.82. The predicted octanol–water partition coefficient (Wildman–Crippen LogP) is 2.64. The Morgan fingerprint density at radius 1 is 1.38 bits per heavy atom. The molecule has 2 heteroatoms. The van der Waals surface area contributed by atoms with Crippen molar-refractivity contribution in [1.29, 1.82) is 0 Å². The van der Waals surface area contributed by atoms with Crippen LogP contribution in [-0.2, 0) is 0 Å². The molecule has 2 nitrogen and oxygen atoms in total. The van der Waals surface area contributed by atoms with Crippen molar-refractivity contribution in [3.8, 4) is 0 Å². The van der Waals surface area contributed by atoms with E-state index in [1.54, 1.807) is 0 Å². The molecule has 94 valence electrons. The summed E-state index contributed by atoms with van der Waals surface area (Å²) in [6.45, 7) is 10.9. The van der Waals surface area contributed by atoms with E-state index in [0.29, 0.717) is 5.54 Å². The van der Waals surface area contributed by atoms with E-state index in [-0.39, 0.29) is 0 Å². The Kier molecular flexibility index (Phi) is 3.91. The van der Waals surface area contributed by atoms with Gasteiger partial charge in [0, 0.05) is 18.1 Å². The number of nitrogens with zero attached hydrogens (tertiary/aromatic N) is 1. The molecule has 2 atom stereocenters. The van der Waals surface area contributed by atoms with E-state index >= 15 is 0 Å². The van der Waals surface area contributed by atoms with Crippen molar-refractivity contribution in [1.82, 2.24) is 10.2 Å². The second kappa shape index (κ2) is 5.05. The zero-order valence-corrected chi connectivity index (χ0v) is 11.3. The van der Waals surface area contributed by atoms with Gasteiger partial charge < -0.3 is 10.2 Å². The van der Waals surface area contributed by atoms with Gasteiger partial charge in [-0.15, -0.1) is 0 Å². The maximum absolute atomic E-state index is 3.82. The van der Waals surface area contributed by atoms with Crippen LogP contribution in [0.3, 0.4) is 0 Å². The van der Waals surface area contributed by atoms with E-state index in [1.165, 1.54) is 51.7 Å². The van der Waals surface area contributed by atoms with E-state index in [2.05, 4.69) is 31.0 Å². The first-order chi connectivity index (χ1) is 7.68. The van der Waals surface area contributed by atoms with Gasteiger partial charge in [-0.05, 0) is 65.0 Å². The van der Waals surface area contributed by atoms with Crippen LogP contribution in [0.5, 0.6) is 0 Å². The average Bonchev–Trinajstić information content (AvgIpc) is 2.79. The van der Waals surface area contributed by atoms with Crippen LogP contribution in [0.25, 0.3) is 0 Å². The van der Waals surface area contributed by atoms with Crippen molar-refractivity contribution in [3.63, 3.8) is 0 Å². The van der Waals surface area contributed by atoms with E-state index in [1.807, 2.05) is 0 Å². The number of hydrogen-bond donors (Lipinski definition) is 1. The fourth-order valence-electron chi connectivity index (χ4n) is 3.69. The lowest BCUT2D eigenvalue weighted by Crippen LogP contribution is -2.53. The molecule has 2 unspecified atom stereocenters. The van der Waals surface area contributed by atoms with Gasteiger partial charge in [-0.1, -0.05) is 6.92 Å². The molecule has 0 aromatic carbocycles. The summed E-state index contributed by atoms with van der Waals surface area (Å²) in [7, 11) is 0. The Morgan fingerprint density at radius 2 is 2.19 bits per heavy atom. The first-order valence-corrected chi connectivity index (χ1v) is 7.17. The zero-order chi connectivity index (χ0) is 11.6. The summed E-state index contributed by atoms with van der Waals surface area (Å²) in [5.41, 5.74) is 0.480. The van der Waals surface area contributed by atoms with Crippen LogP contribution >= 0.6 is 0 Å². The van der Waals surface area contributed by atoms with Gasteiger partial charge in [-0.25, -0.2) is 0 Å². The molecule has 0 spiro atoms. The molecule has 2 aliphatic heterocycles. The average molecular weight is 224 g/mol. The van der Waals surface area contributed by atoms with Gasteiger partial charge in [0.05, 0.1) is 0 Å². The number of hydrogen-bond acceptors (Lipinski definition) is 2. The highest BCUT2D eigenvalue weighted by Crippen LogP contribution is 2.36. The number of rotatable bonds is 3. The van der Waals surface area contributed by atoms with Gasteiger partial charge in [0.2, 0.25) is 0 Å². The summed E-state index contributed by atoms with van der Waals surface area (Å²) in [6, 6.07) is 0.720. The highest BCUT2D eigenvalue weighted by Gasteiger charge is 2.41. The second-order valence-electron chi connectivity index (χ2n) is 5.97. The number of piperidine rings is 1. The molecule has 2 fully saturated rings. The Hall–Kier alpha value is -0.0800. The van der Waals surface area contributed by atoms with Gasteiger partial charge in [0.1, 0.15) is 0 Å². The molecule has 0 saturated carbocycles. The third-order valence-electron chi connectivity index (χ3n) is 4.87. The van der Waals surface area contributed by atoms with E-state index in [4.69, 9.17) is 0 Å². The third-order valence-corrected chi connectivity index (χ3v) is 4.87. The minimum absolute atomic E-state index is 0.480. The molecule has 1 N–H and O–H groups in total. The summed E-state index contributed by atoms with van der Waals surface area (Å²) < 4.78 is 0. The lowest BCUT2D eigenvalue weighted by atomic mass is 9.76. The Morgan fingerprint density at radius 3 is 2.75 bits per heavy atom. The largest absolute Gasteiger partial charge is 0.311 e. The highest BCUT2D eigenvalue weighted by atomic mass is 15.2. The van der Waals surface area contributed by atoms with Gasteiger partial charge in [0.25, 0.3) is 0 Å². The standard InChI is InChI=1S/C14H28N2/c1-4-14(8-6-9-15-14)13-7-5-10-16(11-13)12(2)3/h12-13,15H,4-11H2,1-3H3. The van der Waals surface area contributed by atoms with Crippen LogP contribution in [0.15, 0.2) is 0 Å². The SMILES string of the molecule is CCC1(C2CCCN(C(C)C)C2)CCCN1. The van der Waals surface area contributed by atoms with Gasteiger partial charge in [-0.3, -0.25) is 0 Å². The topological polar surface area (TPSA) is 15.3 Å². The van der Waals surface area contributed by atoms with Crippen molar-refractivity contribution in [2.24, 2.45) is 5.92 Å². The number of nitrogens with one attached hydrogen (secondary N) is 1. The molecule has 2 aliphatic rings. The lowest BCUT2D eigenvalue weighted by Gasteiger charge is -2.44. The molecule has 0 amide bonds. The van der Waals surface area contributed by atoms with Crippen LogP contribution < -0.4 is 5.32 Å². The summed E-state index contributed by atoms with van der Waals surface area (Å²) >= 11 is 0. The number of likely N-dealkylation sites (tertiary alicyclic amines) is 1. The normalized spacial score (nSPS) is 37.1. The smallest absolute Gasteiger partial charge is 0.0219 e. The molecule has 0 radical (unpaired) electrons. The molecular weight excluding hydrogens is 196 g/mol. The minimum atomic E-state index is 0.480. The van der Waals surface area contributed by atoms with Crippen LogP contribution in [0.2, 0.25) is 0 Å². The molecule has 2 heterocycles. The monoisotopic (exact) mass is 224 g/mol. The van der Waals surface area contributed by atoms with E-state index in [0.717, 1.165) is 12.0 Å². The van der Waals surface area contributed by atoms with Crippen molar-refractivity contribution in [2.75, 3.05) is 19.6 Å². The first kappa shape index (κ1) is 12.4. The van der Waals surface area contributed by atoms with Gasteiger partial charge in [-0.2, -0.15) is 0 Å². The zero-order valence-electron chi connectivity index (χ0n) is 11.3.